The Labute approximate surface area is 248 Å². The van der Waals surface area contributed by atoms with Crippen molar-refractivity contribution < 1.29 is 57.0 Å². The average molecular weight is 601 g/mol. The topological polar surface area (TPSA) is 187 Å². The molecule has 2 aromatic heterocycles. The number of rotatable bonds is 3. The fourth-order valence-corrected chi connectivity index (χ4v) is 3.18. The molecule has 0 saturated carbocycles. The van der Waals surface area contributed by atoms with Gasteiger partial charge in [-0.1, -0.05) is 35.9 Å². The maximum atomic E-state index is 10.2. The Kier molecular flexibility index (Phi) is 15.7. The number of carbonyl (C=O) groups excluding carboxylic acids is 3. The van der Waals surface area contributed by atoms with Crippen LogP contribution in [0.3, 0.4) is 0 Å². The van der Waals surface area contributed by atoms with Gasteiger partial charge in [0.15, 0.2) is 0 Å². The summed E-state index contributed by atoms with van der Waals surface area (Å²) in [7, 11) is 0. The summed E-state index contributed by atoms with van der Waals surface area (Å²) in [6, 6.07) is 18.7. The van der Waals surface area contributed by atoms with Gasteiger partial charge in [0, 0.05) is 52.6 Å². The normalized spacial score (nSPS) is 9.20. The van der Waals surface area contributed by atoms with Gasteiger partial charge in [0.2, 0.25) is 0 Å². The molecule has 4 aromatic rings. The van der Waals surface area contributed by atoms with E-state index < -0.39 is 17.9 Å². The number of carboxylic acid groups (broad SMARTS) is 3. The molecule has 0 atom stereocenters. The Morgan fingerprint density at radius 1 is 0.585 bits per heavy atom. The molecule has 0 unspecified atom stereocenters. The predicted octanol–water partition coefficient (Wildman–Crippen LogP) is 1.77. The second-order valence-corrected chi connectivity index (χ2v) is 8.38. The van der Waals surface area contributed by atoms with Crippen LogP contribution in [0.25, 0.3) is 33.6 Å². The molecule has 0 fully saturated rings. The van der Waals surface area contributed by atoms with Crippen molar-refractivity contribution in [3.63, 3.8) is 0 Å². The first kappa shape index (κ1) is 36.3. The van der Waals surface area contributed by atoms with Crippen LogP contribution in [0, 0.1) is 13.8 Å². The van der Waals surface area contributed by atoms with Crippen LogP contribution in [0.1, 0.15) is 31.9 Å². The summed E-state index contributed by atoms with van der Waals surface area (Å²) in [6.07, 6.45) is 3.48. The smallest absolute Gasteiger partial charge is 0.550 e. The first-order valence-corrected chi connectivity index (χ1v) is 11.8. The van der Waals surface area contributed by atoms with Crippen LogP contribution in [0.5, 0.6) is 11.5 Å². The van der Waals surface area contributed by atoms with Crippen LogP contribution in [-0.4, -0.2) is 38.1 Å². The zero-order valence-corrected chi connectivity index (χ0v) is 24.2. The van der Waals surface area contributed by atoms with Gasteiger partial charge in [-0.15, -0.1) is 0 Å². The minimum absolute atomic E-state index is 0. The summed E-state index contributed by atoms with van der Waals surface area (Å²) in [4.78, 5) is 35.7. The van der Waals surface area contributed by atoms with Crippen molar-refractivity contribution in [1.82, 2.24) is 9.97 Å². The fraction of sp³-hybridized carbons (Fsp3) is 0.167. The number of aromatic nitrogens is 2. The van der Waals surface area contributed by atoms with Gasteiger partial charge in [-0.05, 0) is 70.5 Å². The van der Waals surface area contributed by atoms with E-state index in [-0.39, 0.29) is 28.6 Å². The van der Waals surface area contributed by atoms with Crippen molar-refractivity contribution in [2.45, 2.75) is 34.6 Å². The molecule has 0 saturated heterocycles. The number of nitrogens with zero attached hydrogens (tertiary/aromatic N) is 2. The van der Waals surface area contributed by atoms with Crippen LogP contribution >= 0.6 is 0 Å². The molecule has 214 valence electrons. The summed E-state index contributed by atoms with van der Waals surface area (Å²) < 4.78 is 0. The number of phenols is 2. The summed E-state index contributed by atoms with van der Waals surface area (Å²) in [5, 5.41) is 46.9. The molecule has 4 rings (SSSR count). The van der Waals surface area contributed by atoms with Crippen molar-refractivity contribution in [3.05, 3.63) is 84.2 Å². The maximum Gasteiger partial charge on any atom is 3.00 e. The summed E-state index contributed by atoms with van der Waals surface area (Å²) in [6.45, 7) is 6.85. The van der Waals surface area contributed by atoms with Gasteiger partial charge >= 0.3 is 17.1 Å². The minimum atomic E-state index is -1.08. The molecule has 11 heteroatoms. The van der Waals surface area contributed by atoms with E-state index in [1.807, 2.05) is 62.4 Å². The van der Waals surface area contributed by atoms with Crippen molar-refractivity contribution in [2.24, 2.45) is 0 Å². The number of hydrogen-bond acceptors (Lipinski definition) is 10. The van der Waals surface area contributed by atoms with E-state index in [2.05, 4.69) is 9.97 Å². The summed E-state index contributed by atoms with van der Waals surface area (Å²) in [5.41, 5.74) is 6.79. The van der Waals surface area contributed by atoms with Crippen molar-refractivity contribution in [2.75, 3.05) is 0 Å². The zero-order valence-electron chi connectivity index (χ0n) is 23.0. The van der Waals surface area contributed by atoms with Gasteiger partial charge < -0.3 is 39.9 Å². The standard InChI is InChI=1S/C24H20N2O2.3C2H4O2.Mn/c1-15-4-10-23(27)20(11-15)18-6-9-22(26-14-18)21-8-5-17(13-25-21)19-7-3-16(2)12-24(19)28;3*1-2(3)4;/h3-14,27-28H,1-2H3;3*1H3,(H,3,4);/q;;;;+3/p-3. The number of aryl methyl sites for hydroxylation is 2. The third-order valence-corrected chi connectivity index (χ3v) is 4.72. The molecule has 0 aliphatic rings. The van der Waals surface area contributed by atoms with Crippen LogP contribution in [0.4, 0.5) is 0 Å². The SMILES string of the molecule is CC(=O)[O-].CC(=O)[O-].CC(=O)[O-].Cc1ccc(-c2ccc(-c3ccc(-c4cc(C)ccc4O)cn3)nc2)c(O)c1.[Mn+3]. The van der Waals surface area contributed by atoms with Crippen molar-refractivity contribution >= 4 is 17.9 Å². The van der Waals surface area contributed by atoms with Gasteiger partial charge in [0.05, 0.1) is 11.4 Å². The third kappa shape index (κ3) is 13.8. The van der Waals surface area contributed by atoms with Crippen LogP contribution in [-0.2, 0) is 31.5 Å². The number of hydrogen-bond donors (Lipinski definition) is 2. The molecular weight excluding hydrogens is 571 g/mol. The van der Waals surface area contributed by atoms with E-state index in [9.17, 15) is 10.2 Å². The molecule has 0 radical (unpaired) electrons. The molecule has 0 aliphatic heterocycles. The number of aliphatic carboxylic acids is 3. The second-order valence-electron chi connectivity index (χ2n) is 8.38. The van der Waals surface area contributed by atoms with Crippen LogP contribution < -0.4 is 15.3 Å². The Bertz CT molecular complexity index is 1400. The number of carbonyl (C=O) groups is 3. The number of benzene rings is 2. The van der Waals surface area contributed by atoms with Gasteiger partial charge in [0.25, 0.3) is 0 Å². The molecule has 2 N–H and O–H groups in total. The summed E-state index contributed by atoms with van der Waals surface area (Å²) >= 11 is 0. The molecular formula is C30H29MnN2O8. The fourth-order valence-electron chi connectivity index (χ4n) is 3.18. The Morgan fingerprint density at radius 3 is 1.37 bits per heavy atom. The predicted molar refractivity (Wildman–Crippen MR) is 143 cm³/mol. The van der Waals surface area contributed by atoms with Gasteiger partial charge in [0.1, 0.15) is 11.5 Å². The second kappa shape index (κ2) is 17.8. The quantitative estimate of drug-likeness (QED) is 0.328. The Balaban J connectivity index is 0.00000105. The number of aromatic hydroxyl groups is 2. The molecule has 10 nitrogen and oxygen atoms in total. The van der Waals surface area contributed by atoms with E-state index in [1.54, 1.807) is 24.5 Å². The van der Waals surface area contributed by atoms with Crippen molar-refractivity contribution in [1.29, 1.82) is 0 Å². The van der Waals surface area contributed by atoms with E-state index in [1.165, 1.54) is 0 Å². The number of carboxylic acids is 3. The summed E-state index contributed by atoms with van der Waals surface area (Å²) in [5.74, 6) is -2.77. The number of pyridine rings is 2. The third-order valence-electron chi connectivity index (χ3n) is 4.72. The molecule has 0 spiro atoms. The van der Waals surface area contributed by atoms with Gasteiger partial charge in [-0.2, -0.15) is 0 Å². The van der Waals surface area contributed by atoms with Gasteiger partial charge in [-0.25, -0.2) is 0 Å². The Hall–Kier alpha value is -4.73. The van der Waals surface area contributed by atoms with E-state index in [0.29, 0.717) is 0 Å². The number of phenolic OH excluding ortho intramolecular Hbond substituents is 2. The first-order chi connectivity index (χ1) is 18.7. The monoisotopic (exact) mass is 600 g/mol. The average Bonchev–Trinajstić information content (AvgIpc) is 2.85. The minimum Gasteiger partial charge on any atom is -0.550 e. The first-order valence-electron chi connectivity index (χ1n) is 11.8. The van der Waals surface area contributed by atoms with Crippen LogP contribution in [0.15, 0.2) is 73.1 Å². The zero-order chi connectivity index (χ0) is 30.4. The molecule has 0 amide bonds. The van der Waals surface area contributed by atoms with Gasteiger partial charge in [-0.3, -0.25) is 9.97 Å². The molecule has 41 heavy (non-hydrogen) atoms. The van der Waals surface area contributed by atoms with E-state index >= 15 is 0 Å². The largest absolute Gasteiger partial charge is 3.00 e. The van der Waals surface area contributed by atoms with Crippen LogP contribution in [0.2, 0.25) is 0 Å². The maximum absolute atomic E-state index is 10.2. The van der Waals surface area contributed by atoms with Crippen molar-refractivity contribution in [3.8, 4) is 45.1 Å². The molecule has 2 aromatic carbocycles. The molecule has 0 aliphatic carbocycles. The van der Waals surface area contributed by atoms with E-state index in [0.717, 1.165) is 65.5 Å². The Morgan fingerprint density at radius 2 is 0.976 bits per heavy atom. The van der Waals surface area contributed by atoms with E-state index in [4.69, 9.17) is 29.7 Å². The molecule has 0 bridgehead atoms. The molecule has 2 heterocycles.